The molecule has 2 aromatic carbocycles. The summed E-state index contributed by atoms with van der Waals surface area (Å²) in [4.78, 5) is 22.3. The number of benzene rings is 2. The van der Waals surface area contributed by atoms with Gasteiger partial charge in [-0.1, -0.05) is 29.5 Å². The van der Waals surface area contributed by atoms with Crippen molar-refractivity contribution in [3.05, 3.63) is 60.0 Å². The minimum Gasteiger partial charge on any atom is -0.361 e. The Kier molecular flexibility index (Phi) is 4.24. The van der Waals surface area contributed by atoms with E-state index in [9.17, 15) is 9.18 Å². The number of carbonyl (C=O) groups excluding carboxylic acids is 1. The monoisotopic (exact) mass is 394 g/mol. The molecule has 3 heterocycles. The number of para-hydroxylation sites is 1. The number of aromatic nitrogens is 2. The first kappa shape index (κ1) is 17.2. The lowest BCUT2D eigenvalue weighted by Gasteiger charge is -2.37. The maximum absolute atomic E-state index is 13.3. The van der Waals surface area contributed by atoms with Gasteiger partial charge in [-0.15, -0.1) is 0 Å². The number of H-pyrrole nitrogens is 1. The number of halogens is 1. The highest BCUT2D eigenvalue weighted by molar-refractivity contribution is 7.22. The van der Waals surface area contributed by atoms with Crippen molar-refractivity contribution in [3.8, 4) is 0 Å². The van der Waals surface area contributed by atoms with Gasteiger partial charge in [0.2, 0.25) is 5.91 Å². The van der Waals surface area contributed by atoms with Gasteiger partial charge < -0.3 is 15.2 Å². The van der Waals surface area contributed by atoms with Crippen LogP contribution in [0.4, 0.5) is 9.52 Å². The molecule has 1 saturated heterocycles. The fourth-order valence-electron chi connectivity index (χ4n) is 3.63. The zero-order valence-corrected chi connectivity index (χ0v) is 15.9. The molecule has 5 nitrogen and oxygen atoms in total. The van der Waals surface area contributed by atoms with Gasteiger partial charge in [-0.2, -0.15) is 0 Å². The quantitative estimate of drug-likeness (QED) is 0.542. The van der Waals surface area contributed by atoms with E-state index in [0.29, 0.717) is 19.6 Å². The van der Waals surface area contributed by atoms with Crippen LogP contribution in [0.1, 0.15) is 5.56 Å². The van der Waals surface area contributed by atoms with Gasteiger partial charge in [0.1, 0.15) is 5.82 Å². The van der Waals surface area contributed by atoms with Crippen molar-refractivity contribution in [2.75, 3.05) is 24.5 Å². The van der Waals surface area contributed by atoms with Gasteiger partial charge in [-0.3, -0.25) is 4.79 Å². The first-order valence-electron chi connectivity index (χ1n) is 9.31. The molecular weight excluding hydrogens is 375 g/mol. The number of carbonyl (C=O) groups is 1. The Bertz CT molecular complexity index is 1160. The smallest absolute Gasteiger partial charge is 0.226 e. The lowest BCUT2D eigenvalue weighted by Crippen LogP contribution is -2.54. The third kappa shape index (κ3) is 3.11. The summed E-state index contributed by atoms with van der Waals surface area (Å²) in [5.74, 6) is -0.186. The SMILES string of the molecule is O=C(NCCc1c[nH]c2ccccc12)C1CN(c2nc3ccc(F)cc3s2)C1. The maximum Gasteiger partial charge on any atom is 0.226 e. The van der Waals surface area contributed by atoms with Gasteiger partial charge in [-0.25, -0.2) is 9.37 Å². The largest absolute Gasteiger partial charge is 0.361 e. The number of anilines is 1. The van der Waals surface area contributed by atoms with Crippen molar-refractivity contribution in [2.45, 2.75) is 6.42 Å². The number of rotatable bonds is 5. The number of nitrogens with one attached hydrogen (secondary N) is 2. The fraction of sp³-hybridized carbons (Fsp3) is 0.238. The lowest BCUT2D eigenvalue weighted by molar-refractivity contribution is -0.125. The van der Waals surface area contributed by atoms with Crippen molar-refractivity contribution < 1.29 is 9.18 Å². The first-order valence-corrected chi connectivity index (χ1v) is 10.1. The predicted octanol–water partition coefficient (Wildman–Crippen LogP) is 3.71. The summed E-state index contributed by atoms with van der Waals surface area (Å²) in [6, 6.07) is 12.8. The van der Waals surface area contributed by atoms with Crippen LogP contribution in [-0.2, 0) is 11.2 Å². The van der Waals surface area contributed by atoms with Crippen LogP contribution >= 0.6 is 11.3 Å². The van der Waals surface area contributed by atoms with E-state index in [1.807, 2.05) is 18.3 Å². The Hall–Kier alpha value is -2.93. The van der Waals surface area contributed by atoms with Crippen LogP contribution in [0.5, 0.6) is 0 Å². The molecule has 28 heavy (non-hydrogen) atoms. The van der Waals surface area contributed by atoms with E-state index in [2.05, 4.69) is 32.3 Å². The summed E-state index contributed by atoms with van der Waals surface area (Å²) < 4.78 is 14.2. The van der Waals surface area contributed by atoms with Crippen molar-refractivity contribution in [1.29, 1.82) is 0 Å². The van der Waals surface area contributed by atoms with Crippen molar-refractivity contribution in [2.24, 2.45) is 5.92 Å². The van der Waals surface area contributed by atoms with E-state index < -0.39 is 0 Å². The van der Waals surface area contributed by atoms with Gasteiger partial charge in [0.05, 0.1) is 16.1 Å². The molecule has 1 fully saturated rings. The second-order valence-corrected chi connectivity index (χ2v) is 8.12. The van der Waals surface area contributed by atoms with E-state index in [1.165, 1.54) is 34.4 Å². The van der Waals surface area contributed by atoms with E-state index in [0.717, 1.165) is 27.3 Å². The second-order valence-electron chi connectivity index (χ2n) is 7.11. The van der Waals surface area contributed by atoms with Crippen LogP contribution in [0.2, 0.25) is 0 Å². The van der Waals surface area contributed by atoms with Crippen LogP contribution in [0.3, 0.4) is 0 Å². The molecule has 1 aliphatic rings. The number of thiazole rings is 1. The molecule has 0 saturated carbocycles. The summed E-state index contributed by atoms with van der Waals surface area (Å²) in [6.07, 6.45) is 2.81. The maximum atomic E-state index is 13.3. The first-order chi connectivity index (χ1) is 13.7. The molecule has 0 atom stereocenters. The van der Waals surface area contributed by atoms with Gasteiger partial charge in [0.25, 0.3) is 0 Å². The average molecular weight is 394 g/mol. The Morgan fingerprint density at radius 1 is 1.29 bits per heavy atom. The van der Waals surface area contributed by atoms with E-state index in [4.69, 9.17) is 0 Å². The standard InChI is InChI=1S/C21H19FN4OS/c22-15-5-6-18-19(9-15)28-21(25-18)26-11-14(12-26)20(27)23-8-7-13-10-24-17-4-2-1-3-16(13)17/h1-6,9-10,14,24H,7-8,11-12H2,(H,23,27). The van der Waals surface area contributed by atoms with Crippen LogP contribution in [0.25, 0.3) is 21.1 Å². The van der Waals surface area contributed by atoms with Gasteiger partial charge in [-0.05, 0) is 36.2 Å². The van der Waals surface area contributed by atoms with Crippen LogP contribution in [0, 0.1) is 11.7 Å². The molecule has 0 aliphatic carbocycles. The highest BCUT2D eigenvalue weighted by Crippen LogP contribution is 2.33. The number of nitrogens with zero attached hydrogens (tertiary/aromatic N) is 2. The van der Waals surface area contributed by atoms with Gasteiger partial charge >= 0.3 is 0 Å². The Morgan fingerprint density at radius 3 is 3.04 bits per heavy atom. The molecule has 2 aromatic heterocycles. The van der Waals surface area contributed by atoms with E-state index >= 15 is 0 Å². The molecule has 142 valence electrons. The summed E-state index contributed by atoms with van der Waals surface area (Å²) >= 11 is 1.47. The molecule has 0 bridgehead atoms. The molecule has 5 rings (SSSR count). The number of amides is 1. The average Bonchev–Trinajstić information content (AvgIpc) is 3.24. The van der Waals surface area contributed by atoms with Gasteiger partial charge in [0, 0.05) is 36.7 Å². The second kappa shape index (κ2) is 6.91. The minimum absolute atomic E-state index is 0.0216. The molecule has 1 aliphatic heterocycles. The van der Waals surface area contributed by atoms with Crippen molar-refractivity contribution in [3.63, 3.8) is 0 Å². The molecule has 0 radical (unpaired) electrons. The minimum atomic E-state index is -0.251. The number of hydrogen-bond donors (Lipinski definition) is 2. The highest BCUT2D eigenvalue weighted by Gasteiger charge is 2.34. The van der Waals surface area contributed by atoms with Crippen LogP contribution < -0.4 is 10.2 Å². The van der Waals surface area contributed by atoms with E-state index in [1.54, 1.807) is 6.07 Å². The van der Waals surface area contributed by atoms with E-state index in [-0.39, 0.29) is 17.6 Å². The topological polar surface area (TPSA) is 61.0 Å². The number of fused-ring (bicyclic) bond motifs is 2. The Labute approximate surface area is 165 Å². The summed E-state index contributed by atoms with van der Waals surface area (Å²) in [6.45, 7) is 1.93. The molecule has 0 unspecified atom stereocenters. The Morgan fingerprint density at radius 2 is 2.14 bits per heavy atom. The zero-order chi connectivity index (χ0) is 19.1. The molecule has 7 heteroatoms. The predicted molar refractivity (Wildman–Crippen MR) is 110 cm³/mol. The lowest BCUT2D eigenvalue weighted by atomic mass is 10.00. The normalized spacial score (nSPS) is 14.5. The summed E-state index contributed by atoms with van der Waals surface area (Å²) in [7, 11) is 0. The van der Waals surface area contributed by atoms with Crippen LogP contribution in [-0.4, -0.2) is 35.5 Å². The van der Waals surface area contributed by atoms with Gasteiger partial charge in [0.15, 0.2) is 5.13 Å². The fourth-order valence-corrected chi connectivity index (χ4v) is 4.63. The molecular formula is C21H19FN4OS. The highest BCUT2D eigenvalue weighted by atomic mass is 32.1. The molecule has 2 N–H and O–H groups in total. The van der Waals surface area contributed by atoms with Crippen LogP contribution in [0.15, 0.2) is 48.7 Å². The molecule has 1 amide bonds. The third-order valence-electron chi connectivity index (χ3n) is 5.23. The zero-order valence-electron chi connectivity index (χ0n) is 15.1. The number of hydrogen-bond acceptors (Lipinski definition) is 4. The van der Waals surface area contributed by atoms with Crippen molar-refractivity contribution >= 4 is 43.5 Å². The summed E-state index contributed by atoms with van der Waals surface area (Å²) in [5, 5.41) is 5.11. The molecule has 0 spiro atoms. The summed E-state index contributed by atoms with van der Waals surface area (Å²) in [5.41, 5.74) is 3.13. The Balaban J connectivity index is 1.14. The third-order valence-corrected chi connectivity index (χ3v) is 6.31. The van der Waals surface area contributed by atoms with Crippen molar-refractivity contribution in [1.82, 2.24) is 15.3 Å². The molecule has 4 aromatic rings. The number of aromatic amines is 1.